The highest BCUT2D eigenvalue weighted by Gasteiger charge is 2.30. The Balaban J connectivity index is 1.73. The summed E-state index contributed by atoms with van der Waals surface area (Å²) in [7, 11) is 0. The molecule has 1 unspecified atom stereocenters. The van der Waals surface area contributed by atoms with Crippen LogP contribution >= 0.6 is 0 Å². The molecule has 2 heteroatoms. The van der Waals surface area contributed by atoms with Crippen molar-refractivity contribution >= 4 is 0 Å². The van der Waals surface area contributed by atoms with Gasteiger partial charge in [-0.05, 0) is 39.2 Å². The Morgan fingerprint density at radius 2 is 2.24 bits per heavy atom. The number of rotatable bonds is 4. The Bertz CT molecular complexity index is 373. The van der Waals surface area contributed by atoms with E-state index in [2.05, 4.69) is 50.4 Å². The van der Waals surface area contributed by atoms with E-state index in [1.165, 1.54) is 24.0 Å². The van der Waals surface area contributed by atoms with E-state index in [0.29, 0.717) is 6.10 Å². The number of hydrogen-bond donors (Lipinski definition) is 1. The molecule has 1 aliphatic heterocycles. The van der Waals surface area contributed by atoms with Crippen LogP contribution in [0.4, 0.5) is 0 Å². The molecule has 1 fully saturated rings. The Morgan fingerprint density at radius 3 is 2.88 bits per heavy atom. The van der Waals surface area contributed by atoms with Crippen molar-refractivity contribution in [2.45, 2.75) is 51.9 Å². The summed E-state index contributed by atoms with van der Waals surface area (Å²) in [5.74, 6) is 0. The molecule has 0 spiro atoms. The smallest absolute Gasteiger partial charge is 0.0707 e. The van der Waals surface area contributed by atoms with Crippen molar-refractivity contribution in [3.8, 4) is 0 Å². The molecule has 2 rings (SSSR count). The molecular weight excluding hydrogens is 210 g/mol. The predicted molar refractivity (Wildman–Crippen MR) is 71.1 cm³/mol. The second-order valence-electron chi connectivity index (χ2n) is 5.66. The van der Waals surface area contributed by atoms with Gasteiger partial charge in [-0.1, -0.05) is 29.8 Å². The van der Waals surface area contributed by atoms with Crippen molar-refractivity contribution in [1.82, 2.24) is 5.32 Å². The summed E-state index contributed by atoms with van der Waals surface area (Å²) in [6, 6.07) is 8.64. The second-order valence-corrected chi connectivity index (χ2v) is 5.66. The van der Waals surface area contributed by atoms with Crippen molar-refractivity contribution in [1.29, 1.82) is 0 Å². The van der Waals surface area contributed by atoms with Crippen molar-refractivity contribution in [3.63, 3.8) is 0 Å². The van der Waals surface area contributed by atoms with E-state index < -0.39 is 0 Å². The summed E-state index contributed by atoms with van der Waals surface area (Å²) in [6.45, 7) is 8.37. The lowest BCUT2D eigenvalue weighted by molar-refractivity contribution is -0.0142. The Labute approximate surface area is 104 Å². The minimum absolute atomic E-state index is 0.0790. The number of benzene rings is 1. The molecule has 0 bridgehead atoms. The maximum atomic E-state index is 5.95. The molecule has 1 atom stereocenters. The Hall–Kier alpha value is -0.860. The average Bonchev–Trinajstić information content (AvgIpc) is 2.58. The van der Waals surface area contributed by atoms with Crippen LogP contribution in [0.25, 0.3) is 0 Å². The topological polar surface area (TPSA) is 21.3 Å². The predicted octanol–water partition coefficient (Wildman–Crippen LogP) is 3.04. The molecule has 0 saturated carbocycles. The summed E-state index contributed by atoms with van der Waals surface area (Å²) in [5.41, 5.74) is 2.75. The zero-order valence-electron chi connectivity index (χ0n) is 11.1. The van der Waals surface area contributed by atoms with Crippen LogP contribution in [0.3, 0.4) is 0 Å². The Kier molecular flexibility index (Phi) is 3.85. The van der Waals surface area contributed by atoms with Gasteiger partial charge in [0.05, 0.1) is 11.7 Å². The van der Waals surface area contributed by atoms with Crippen LogP contribution in [0.15, 0.2) is 24.3 Å². The summed E-state index contributed by atoms with van der Waals surface area (Å²) >= 11 is 0. The van der Waals surface area contributed by atoms with Crippen LogP contribution in [0, 0.1) is 6.92 Å². The third-order valence-corrected chi connectivity index (χ3v) is 3.34. The minimum Gasteiger partial charge on any atom is -0.371 e. The van der Waals surface area contributed by atoms with Gasteiger partial charge in [0.25, 0.3) is 0 Å². The van der Waals surface area contributed by atoms with E-state index in [9.17, 15) is 0 Å². The zero-order chi connectivity index (χ0) is 12.3. The third kappa shape index (κ3) is 3.83. The number of ether oxygens (including phenoxy) is 1. The molecule has 1 aromatic carbocycles. The van der Waals surface area contributed by atoms with Crippen molar-refractivity contribution in [3.05, 3.63) is 35.4 Å². The van der Waals surface area contributed by atoms with E-state index in [-0.39, 0.29) is 5.60 Å². The summed E-state index contributed by atoms with van der Waals surface area (Å²) < 4.78 is 5.95. The molecule has 0 aromatic heterocycles. The fourth-order valence-corrected chi connectivity index (χ4v) is 2.42. The molecule has 1 aromatic rings. The molecule has 0 radical (unpaired) electrons. The van der Waals surface area contributed by atoms with Gasteiger partial charge in [0.15, 0.2) is 0 Å². The fraction of sp³-hybridized carbons (Fsp3) is 0.600. The number of nitrogens with one attached hydrogen (secondary N) is 1. The lowest BCUT2D eigenvalue weighted by Crippen LogP contribution is -2.29. The first-order chi connectivity index (χ1) is 8.05. The second kappa shape index (κ2) is 5.19. The fourth-order valence-electron chi connectivity index (χ4n) is 2.42. The average molecular weight is 233 g/mol. The molecule has 2 nitrogen and oxygen atoms in total. The van der Waals surface area contributed by atoms with Crippen molar-refractivity contribution in [2.24, 2.45) is 0 Å². The molecule has 17 heavy (non-hydrogen) atoms. The quantitative estimate of drug-likeness (QED) is 0.863. The lowest BCUT2D eigenvalue weighted by atomic mass is 10.1. The van der Waals surface area contributed by atoms with Crippen LogP contribution in [0.1, 0.15) is 37.8 Å². The van der Waals surface area contributed by atoms with Gasteiger partial charge in [0, 0.05) is 13.1 Å². The largest absolute Gasteiger partial charge is 0.371 e. The standard InChI is InChI=1S/C15H23NO/c1-12-5-4-6-13(9-12)10-16-11-14-7-8-15(2,3)17-14/h4-6,9,14,16H,7-8,10-11H2,1-3H3. The number of aryl methyl sites for hydroxylation is 1. The lowest BCUT2D eigenvalue weighted by Gasteiger charge is -2.19. The monoisotopic (exact) mass is 233 g/mol. The van der Waals surface area contributed by atoms with Crippen LogP contribution in [0.2, 0.25) is 0 Å². The SMILES string of the molecule is Cc1cccc(CNCC2CCC(C)(C)O2)c1. The van der Waals surface area contributed by atoms with Gasteiger partial charge in [0.1, 0.15) is 0 Å². The van der Waals surface area contributed by atoms with E-state index in [4.69, 9.17) is 4.74 Å². The van der Waals surface area contributed by atoms with E-state index in [1.54, 1.807) is 0 Å². The third-order valence-electron chi connectivity index (χ3n) is 3.34. The summed E-state index contributed by atoms with van der Waals surface area (Å²) in [5, 5.41) is 3.48. The van der Waals surface area contributed by atoms with E-state index in [0.717, 1.165) is 13.1 Å². The molecule has 1 N–H and O–H groups in total. The highest BCUT2D eigenvalue weighted by molar-refractivity contribution is 5.21. The maximum absolute atomic E-state index is 5.95. The van der Waals surface area contributed by atoms with E-state index >= 15 is 0 Å². The first-order valence-corrected chi connectivity index (χ1v) is 6.49. The van der Waals surface area contributed by atoms with Crippen LogP contribution in [0.5, 0.6) is 0 Å². The molecule has 0 amide bonds. The zero-order valence-corrected chi connectivity index (χ0v) is 11.1. The van der Waals surface area contributed by atoms with Gasteiger partial charge in [-0.3, -0.25) is 0 Å². The molecule has 1 heterocycles. The molecule has 1 saturated heterocycles. The van der Waals surface area contributed by atoms with Crippen LogP contribution in [-0.4, -0.2) is 18.2 Å². The molecular formula is C15H23NO. The summed E-state index contributed by atoms with van der Waals surface area (Å²) in [6.07, 6.45) is 2.73. The van der Waals surface area contributed by atoms with Crippen LogP contribution in [-0.2, 0) is 11.3 Å². The maximum Gasteiger partial charge on any atom is 0.0707 e. The highest BCUT2D eigenvalue weighted by Crippen LogP contribution is 2.28. The first kappa shape index (κ1) is 12.6. The van der Waals surface area contributed by atoms with Gasteiger partial charge < -0.3 is 10.1 Å². The van der Waals surface area contributed by atoms with Gasteiger partial charge in [0.2, 0.25) is 0 Å². The van der Waals surface area contributed by atoms with Crippen molar-refractivity contribution in [2.75, 3.05) is 6.54 Å². The number of hydrogen-bond acceptors (Lipinski definition) is 2. The van der Waals surface area contributed by atoms with Gasteiger partial charge in [-0.15, -0.1) is 0 Å². The highest BCUT2D eigenvalue weighted by atomic mass is 16.5. The Morgan fingerprint density at radius 1 is 1.41 bits per heavy atom. The van der Waals surface area contributed by atoms with Crippen LogP contribution < -0.4 is 5.32 Å². The molecule has 0 aliphatic carbocycles. The van der Waals surface area contributed by atoms with Crippen molar-refractivity contribution < 1.29 is 4.74 Å². The summed E-state index contributed by atoms with van der Waals surface area (Å²) in [4.78, 5) is 0. The normalized spacial score (nSPS) is 22.9. The van der Waals surface area contributed by atoms with Gasteiger partial charge in [-0.2, -0.15) is 0 Å². The minimum atomic E-state index is 0.0790. The van der Waals surface area contributed by atoms with E-state index in [1.807, 2.05) is 0 Å². The van der Waals surface area contributed by atoms with Gasteiger partial charge in [-0.25, -0.2) is 0 Å². The van der Waals surface area contributed by atoms with Gasteiger partial charge >= 0.3 is 0 Å². The first-order valence-electron chi connectivity index (χ1n) is 6.49. The molecule has 94 valence electrons. The molecule has 1 aliphatic rings.